The van der Waals surface area contributed by atoms with E-state index in [9.17, 15) is 0 Å². The highest BCUT2D eigenvalue weighted by molar-refractivity contribution is 6.26. The first-order valence-corrected chi connectivity index (χ1v) is 10.6. The Kier molecular flexibility index (Phi) is 13.0. The van der Waals surface area contributed by atoms with Gasteiger partial charge in [0, 0.05) is 7.11 Å². The maximum Gasteiger partial charge on any atom is 0.229 e. The maximum atomic E-state index is 5.79. The minimum atomic E-state index is 0.692. The molecule has 0 unspecified atom stereocenters. The molecule has 25 heavy (non-hydrogen) atoms. The summed E-state index contributed by atoms with van der Waals surface area (Å²) in [5.74, 6) is 6.20. The standard InChI is InChI=1S/C20H34N2O2Si/c1-18(22-21)19-12-14-20(15-13-19)24-16-10-8-6-4-3-5-7-9-11-17-25-23-2/h12-15H,3-11,16-17,21H2,1-2H3. The van der Waals surface area contributed by atoms with Gasteiger partial charge in [0.25, 0.3) is 0 Å². The van der Waals surface area contributed by atoms with Crippen LogP contribution in [0.5, 0.6) is 5.75 Å². The molecule has 0 heterocycles. The Morgan fingerprint density at radius 1 is 0.920 bits per heavy atom. The quantitative estimate of drug-likeness (QED) is 0.158. The monoisotopic (exact) mass is 362 g/mol. The van der Waals surface area contributed by atoms with E-state index in [0.29, 0.717) is 9.76 Å². The van der Waals surface area contributed by atoms with Crippen molar-refractivity contribution in [3.63, 3.8) is 0 Å². The second kappa shape index (κ2) is 15.0. The molecule has 2 N–H and O–H groups in total. The number of benzene rings is 1. The smallest absolute Gasteiger partial charge is 0.229 e. The second-order valence-electron chi connectivity index (χ2n) is 6.37. The predicted molar refractivity (Wildman–Crippen MR) is 107 cm³/mol. The first kappa shape index (κ1) is 21.7. The molecule has 0 spiro atoms. The van der Waals surface area contributed by atoms with E-state index in [1.165, 1.54) is 57.4 Å². The van der Waals surface area contributed by atoms with Gasteiger partial charge in [0.15, 0.2) is 0 Å². The summed E-state index contributed by atoms with van der Waals surface area (Å²) in [7, 11) is 2.48. The fourth-order valence-corrected chi connectivity index (χ4v) is 3.29. The highest BCUT2D eigenvalue weighted by Gasteiger charge is 1.99. The Morgan fingerprint density at radius 2 is 1.48 bits per heavy atom. The average molecular weight is 363 g/mol. The normalized spacial score (nSPS) is 11.7. The van der Waals surface area contributed by atoms with Gasteiger partial charge in [-0.25, -0.2) is 0 Å². The van der Waals surface area contributed by atoms with E-state index in [0.717, 1.165) is 30.1 Å². The van der Waals surface area contributed by atoms with Gasteiger partial charge in [0.05, 0.1) is 12.3 Å². The number of hydrogen-bond acceptors (Lipinski definition) is 4. The lowest BCUT2D eigenvalue weighted by Crippen LogP contribution is -2.00. The fraction of sp³-hybridized carbons (Fsp3) is 0.650. The molecule has 2 radical (unpaired) electrons. The molecule has 1 rings (SSSR count). The van der Waals surface area contributed by atoms with Gasteiger partial charge in [-0.05, 0) is 49.2 Å². The molecule has 1 aromatic rings. The van der Waals surface area contributed by atoms with Gasteiger partial charge in [-0.3, -0.25) is 0 Å². The van der Waals surface area contributed by atoms with Crippen molar-refractivity contribution in [2.45, 2.75) is 70.8 Å². The van der Waals surface area contributed by atoms with Crippen LogP contribution in [0.4, 0.5) is 0 Å². The van der Waals surface area contributed by atoms with Crippen LogP contribution in [0.3, 0.4) is 0 Å². The average Bonchev–Trinajstić information content (AvgIpc) is 2.65. The molecule has 0 amide bonds. The van der Waals surface area contributed by atoms with E-state index < -0.39 is 0 Å². The van der Waals surface area contributed by atoms with Gasteiger partial charge >= 0.3 is 0 Å². The zero-order valence-corrected chi connectivity index (χ0v) is 16.9. The summed E-state index contributed by atoms with van der Waals surface area (Å²) in [5.41, 5.74) is 1.87. The van der Waals surface area contributed by atoms with E-state index in [1.54, 1.807) is 7.11 Å². The summed E-state index contributed by atoms with van der Waals surface area (Å²) in [4.78, 5) is 0. The SMILES string of the molecule is CO[Si]CCCCCCCCCCCOc1ccc(C(C)=NN)cc1. The van der Waals surface area contributed by atoms with Gasteiger partial charge in [0.2, 0.25) is 9.76 Å². The molecule has 0 atom stereocenters. The summed E-state index contributed by atoms with van der Waals surface area (Å²) in [6, 6.07) is 9.20. The number of nitrogens with zero attached hydrogens (tertiary/aromatic N) is 1. The van der Waals surface area contributed by atoms with Crippen molar-refractivity contribution in [2.75, 3.05) is 13.7 Å². The van der Waals surface area contributed by atoms with Crippen molar-refractivity contribution < 1.29 is 9.16 Å². The number of rotatable bonds is 15. The van der Waals surface area contributed by atoms with E-state index in [1.807, 2.05) is 31.2 Å². The zero-order valence-electron chi connectivity index (χ0n) is 15.9. The summed E-state index contributed by atoms with van der Waals surface area (Å²) in [6.45, 7) is 2.70. The summed E-state index contributed by atoms with van der Waals surface area (Å²) in [6.07, 6.45) is 11.9. The topological polar surface area (TPSA) is 56.8 Å². The molecule has 4 nitrogen and oxygen atoms in total. The minimum Gasteiger partial charge on any atom is -0.494 e. The Balaban J connectivity index is 1.92. The fourth-order valence-electron chi connectivity index (χ4n) is 2.70. The maximum absolute atomic E-state index is 5.79. The summed E-state index contributed by atoms with van der Waals surface area (Å²) in [5, 5.41) is 3.70. The molecule has 0 saturated carbocycles. The molecule has 1 aromatic carbocycles. The van der Waals surface area contributed by atoms with Crippen molar-refractivity contribution in [3.05, 3.63) is 29.8 Å². The molecule has 0 saturated heterocycles. The van der Waals surface area contributed by atoms with Crippen LogP contribution in [-0.4, -0.2) is 29.2 Å². The minimum absolute atomic E-state index is 0.692. The van der Waals surface area contributed by atoms with Gasteiger partial charge < -0.3 is 15.0 Å². The Labute approximate surface area is 156 Å². The highest BCUT2D eigenvalue weighted by atomic mass is 28.2. The van der Waals surface area contributed by atoms with E-state index in [4.69, 9.17) is 15.0 Å². The van der Waals surface area contributed by atoms with Gasteiger partial charge in [-0.1, -0.05) is 51.4 Å². The van der Waals surface area contributed by atoms with Crippen LogP contribution in [0.15, 0.2) is 29.4 Å². The Bertz CT molecular complexity index is 463. The first-order chi connectivity index (χ1) is 12.3. The molecule has 0 aliphatic carbocycles. The number of nitrogens with two attached hydrogens (primary N) is 1. The Morgan fingerprint density at radius 3 is 2.04 bits per heavy atom. The molecule has 0 fully saturated rings. The van der Waals surface area contributed by atoms with Crippen molar-refractivity contribution in [1.29, 1.82) is 0 Å². The van der Waals surface area contributed by atoms with E-state index in [-0.39, 0.29) is 0 Å². The van der Waals surface area contributed by atoms with Crippen LogP contribution in [0.25, 0.3) is 0 Å². The number of hydrazone groups is 1. The van der Waals surface area contributed by atoms with Crippen LogP contribution >= 0.6 is 0 Å². The lowest BCUT2D eigenvalue weighted by atomic mass is 10.1. The second-order valence-corrected chi connectivity index (χ2v) is 7.56. The van der Waals surface area contributed by atoms with Crippen molar-refractivity contribution in [3.8, 4) is 5.75 Å². The lowest BCUT2D eigenvalue weighted by Gasteiger charge is -2.07. The lowest BCUT2D eigenvalue weighted by molar-refractivity contribution is 0.304. The molecule has 0 aliphatic heterocycles. The highest BCUT2D eigenvalue weighted by Crippen LogP contribution is 2.14. The third kappa shape index (κ3) is 11.0. The van der Waals surface area contributed by atoms with Crippen LogP contribution in [0.1, 0.15) is 70.3 Å². The molecule has 140 valence electrons. The van der Waals surface area contributed by atoms with E-state index >= 15 is 0 Å². The number of unbranched alkanes of at least 4 members (excludes halogenated alkanes) is 8. The van der Waals surface area contributed by atoms with Gasteiger partial charge in [0.1, 0.15) is 5.75 Å². The van der Waals surface area contributed by atoms with Crippen LogP contribution in [0, 0.1) is 0 Å². The zero-order chi connectivity index (χ0) is 18.2. The van der Waals surface area contributed by atoms with Crippen molar-refractivity contribution in [2.24, 2.45) is 10.9 Å². The largest absolute Gasteiger partial charge is 0.494 e. The van der Waals surface area contributed by atoms with E-state index in [2.05, 4.69) is 5.10 Å². The van der Waals surface area contributed by atoms with Crippen LogP contribution < -0.4 is 10.6 Å². The third-order valence-corrected chi connectivity index (χ3v) is 5.15. The Hall–Kier alpha value is -1.33. The predicted octanol–water partition coefficient (Wildman–Crippen LogP) is 4.94. The molecule has 0 aliphatic rings. The number of hydrogen-bond donors (Lipinski definition) is 1. The van der Waals surface area contributed by atoms with Gasteiger partial charge in [-0.15, -0.1) is 0 Å². The molecule has 0 bridgehead atoms. The van der Waals surface area contributed by atoms with Gasteiger partial charge in [-0.2, -0.15) is 5.10 Å². The van der Waals surface area contributed by atoms with Crippen LogP contribution in [0.2, 0.25) is 6.04 Å². The van der Waals surface area contributed by atoms with Crippen molar-refractivity contribution >= 4 is 15.5 Å². The summed E-state index contributed by atoms with van der Waals surface area (Å²) < 4.78 is 10.9. The molecule has 0 aromatic heterocycles. The molecule has 5 heteroatoms. The summed E-state index contributed by atoms with van der Waals surface area (Å²) >= 11 is 0. The molecular formula is C20H34N2O2Si. The first-order valence-electron chi connectivity index (χ1n) is 9.51. The van der Waals surface area contributed by atoms with Crippen LogP contribution in [-0.2, 0) is 4.43 Å². The third-order valence-electron chi connectivity index (χ3n) is 4.30. The number of ether oxygens (including phenoxy) is 1. The molecular weight excluding hydrogens is 328 g/mol. The van der Waals surface area contributed by atoms with Crippen molar-refractivity contribution in [1.82, 2.24) is 0 Å².